The van der Waals surface area contributed by atoms with E-state index in [1.165, 1.54) is 10.9 Å². The van der Waals surface area contributed by atoms with Crippen LogP contribution in [0.3, 0.4) is 0 Å². The fourth-order valence-electron chi connectivity index (χ4n) is 5.04. The van der Waals surface area contributed by atoms with Crippen molar-refractivity contribution in [2.75, 3.05) is 20.2 Å². The molecule has 1 saturated heterocycles. The van der Waals surface area contributed by atoms with E-state index >= 15 is 0 Å². The van der Waals surface area contributed by atoms with Gasteiger partial charge in [-0.25, -0.2) is 9.67 Å². The molecule has 178 valence electrons. The van der Waals surface area contributed by atoms with Gasteiger partial charge in [0.25, 0.3) is 5.91 Å². The number of carbonyl (C=O) groups excluding carboxylic acids is 1. The molecule has 1 aliphatic rings. The third kappa shape index (κ3) is 3.83. The largest absolute Gasteiger partial charge is 0.497 e. The summed E-state index contributed by atoms with van der Waals surface area (Å²) < 4.78 is 7.34. The van der Waals surface area contributed by atoms with Gasteiger partial charge in [0.15, 0.2) is 5.65 Å². The topological polar surface area (TPSA) is 76.0 Å². The smallest absolute Gasteiger partial charge is 0.254 e. The van der Waals surface area contributed by atoms with Crippen LogP contribution >= 0.6 is 0 Å². The molecule has 0 atom stereocenters. The van der Waals surface area contributed by atoms with Gasteiger partial charge in [-0.3, -0.25) is 4.79 Å². The molecule has 0 aliphatic carbocycles. The van der Waals surface area contributed by atoms with Crippen LogP contribution in [0.5, 0.6) is 5.75 Å². The first-order valence-corrected chi connectivity index (χ1v) is 12.2. The lowest BCUT2D eigenvalue weighted by atomic mass is 9.89. The molecular formula is C27H33N5O2. The minimum atomic E-state index is 0.0802. The molecule has 1 N–H and O–H groups in total. The number of H-pyrrole nitrogens is 1. The number of likely N-dealkylation sites (tertiary alicyclic amines) is 1. The summed E-state index contributed by atoms with van der Waals surface area (Å²) in [6.07, 6.45) is 5.79. The molecule has 0 unspecified atom stereocenters. The molecule has 1 fully saturated rings. The standard InChI is InChI=1S/C27H33N5O2/c1-16(2)25-13-21(23-15-29-32(17(3)4)26(23)30-25)27(33)31-10-8-18(9-11-31)22-14-28-24-7-6-19(34-5)12-20(22)24/h6-7,12-18,28H,8-11H2,1-5H3. The molecule has 4 aromatic rings. The van der Waals surface area contributed by atoms with E-state index in [9.17, 15) is 4.79 Å². The van der Waals surface area contributed by atoms with Gasteiger partial charge in [-0.15, -0.1) is 0 Å². The number of amides is 1. The van der Waals surface area contributed by atoms with Crippen molar-refractivity contribution >= 4 is 27.8 Å². The number of benzene rings is 1. The number of nitrogens with zero attached hydrogens (tertiary/aromatic N) is 4. The zero-order valence-electron chi connectivity index (χ0n) is 20.6. The minimum absolute atomic E-state index is 0.0802. The van der Waals surface area contributed by atoms with Gasteiger partial charge >= 0.3 is 0 Å². The number of hydrogen-bond donors (Lipinski definition) is 1. The van der Waals surface area contributed by atoms with Gasteiger partial charge in [-0.05, 0) is 68.4 Å². The third-order valence-corrected chi connectivity index (χ3v) is 7.04. The van der Waals surface area contributed by atoms with E-state index in [-0.39, 0.29) is 17.9 Å². The van der Waals surface area contributed by atoms with Crippen LogP contribution in [0.25, 0.3) is 21.9 Å². The number of fused-ring (bicyclic) bond motifs is 2. The van der Waals surface area contributed by atoms with Crippen molar-refractivity contribution in [3.8, 4) is 5.75 Å². The van der Waals surface area contributed by atoms with Crippen molar-refractivity contribution in [2.45, 2.75) is 58.4 Å². The van der Waals surface area contributed by atoms with Gasteiger partial charge in [-0.2, -0.15) is 5.10 Å². The summed E-state index contributed by atoms with van der Waals surface area (Å²) in [6.45, 7) is 9.87. The number of pyridine rings is 1. The second-order valence-corrected chi connectivity index (χ2v) is 9.89. The van der Waals surface area contributed by atoms with Crippen molar-refractivity contribution < 1.29 is 9.53 Å². The maximum Gasteiger partial charge on any atom is 0.254 e. The first kappa shape index (κ1) is 22.4. The Morgan fingerprint density at radius 3 is 2.56 bits per heavy atom. The monoisotopic (exact) mass is 459 g/mol. The highest BCUT2D eigenvalue weighted by molar-refractivity contribution is 6.05. The quantitative estimate of drug-likeness (QED) is 0.419. The molecule has 7 nitrogen and oxygen atoms in total. The number of hydrogen-bond acceptors (Lipinski definition) is 4. The van der Waals surface area contributed by atoms with E-state index < -0.39 is 0 Å². The number of aromatic amines is 1. The summed E-state index contributed by atoms with van der Waals surface area (Å²) in [5.74, 6) is 1.59. The van der Waals surface area contributed by atoms with Crippen LogP contribution < -0.4 is 4.74 Å². The van der Waals surface area contributed by atoms with Crippen LogP contribution in [0, 0.1) is 0 Å². The number of piperidine rings is 1. The number of aromatic nitrogens is 4. The molecule has 0 radical (unpaired) electrons. The highest BCUT2D eigenvalue weighted by Crippen LogP contribution is 2.35. The van der Waals surface area contributed by atoms with Gasteiger partial charge in [-0.1, -0.05) is 13.8 Å². The van der Waals surface area contributed by atoms with E-state index in [1.807, 2.05) is 21.7 Å². The Bertz CT molecular complexity index is 1340. The van der Waals surface area contributed by atoms with Crippen molar-refractivity contribution in [2.24, 2.45) is 0 Å². The highest BCUT2D eigenvalue weighted by atomic mass is 16.5. The summed E-state index contributed by atoms with van der Waals surface area (Å²) in [5.41, 5.74) is 4.88. The van der Waals surface area contributed by atoms with Gasteiger partial charge in [0.1, 0.15) is 5.75 Å². The van der Waals surface area contributed by atoms with Gasteiger partial charge < -0.3 is 14.6 Å². The lowest BCUT2D eigenvalue weighted by molar-refractivity contribution is 0.0715. The van der Waals surface area contributed by atoms with Gasteiger partial charge in [0.05, 0.1) is 24.3 Å². The van der Waals surface area contributed by atoms with Crippen molar-refractivity contribution in [1.29, 1.82) is 0 Å². The number of rotatable bonds is 5. The number of carbonyl (C=O) groups is 1. The van der Waals surface area contributed by atoms with Crippen LogP contribution in [0.2, 0.25) is 0 Å². The minimum Gasteiger partial charge on any atom is -0.497 e. The molecule has 7 heteroatoms. The first-order valence-electron chi connectivity index (χ1n) is 12.2. The van der Waals surface area contributed by atoms with E-state index in [0.717, 1.165) is 59.5 Å². The second-order valence-electron chi connectivity index (χ2n) is 9.89. The molecular weight excluding hydrogens is 426 g/mol. The molecule has 0 bridgehead atoms. The molecule has 1 aromatic carbocycles. The lowest BCUT2D eigenvalue weighted by Crippen LogP contribution is -2.38. The molecule has 0 spiro atoms. The van der Waals surface area contributed by atoms with Crippen LogP contribution in [0.15, 0.2) is 36.7 Å². The van der Waals surface area contributed by atoms with Gasteiger partial charge in [0, 0.05) is 41.9 Å². The highest BCUT2D eigenvalue weighted by Gasteiger charge is 2.28. The Morgan fingerprint density at radius 2 is 1.88 bits per heavy atom. The average Bonchev–Trinajstić information content (AvgIpc) is 3.47. The number of ether oxygens (including phenoxy) is 1. The number of nitrogens with one attached hydrogen (secondary N) is 1. The zero-order chi connectivity index (χ0) is 24.0. The fourth-order valence-corrected chi connectivity index (χ4v) is 5.04. The molecule has 0 saturated carbocycles. The molecule has 5 rings (SSSR count). The second kappa shape index (κ2) is 8.78. The van der Waals surface area contributed by atoms with Gasteiger partial charge in [0.2, 0.25) is 0 Å². The van der Waals surface area contributed by atoms with E-state index in [4.69, 9.17) is 9.72 Å². The van der Waals surface area contributed by atoms with E-state index in [1.54, 1.807) is 13.3 Å². The summed E-state index contributed by atoms with van der Waals surface area (Å²) in [6, 6.07) is 8.30. The third-order valence-electron chi connectivity index (χ3n) is 7.04. The molecule has 4 heterocycles. The van der Waals surface area contributed by atoms with E-state index in [0.29, 0.717) is 5.92 Å². The molecule has 1 amide bonds. The Morgan fingerprint density at radius 1 is 1.12 bits per heavy atom. The summed E-state index contributed by atoms with van der Waals surface area (Å²) in [5, 5.41) is 6.59. The number of methoxy groups -OCH3 is 1. The van der Waals surface area contributed by atoms with Crippen molar-refractivity contribution in [3.63, 3.8) is 0 Å². The normalized spacial score (nSPS) is 15.2. The predicted molar refractivity (Wildman–Crippen MR) is 135 cm³/mol. The van der Waals surface area contributed by atoms with Crippen LogP contribution in [-0.2, 0) is 0 Å². The lowest BCUT2D eigenvalue weighted by Gasteiger charge is -2.32. The van der Waals surface area contributed by atoms with E-state index in [2.05, 4.69) is 56.1 Å². The maximum atomic E-state index is 13.7. The molecule has 34 heavy (non-hydrogen) atoms. The molecule has 1 aliphatic heterocycles. The Hall–Kier alpha value is -3.35. The Balaban J connectivity index is 1.40. The van der Waals surface area contributed by atoms with Crippen LogP contribution in [0.1, 0.15) is 80.0 Å². The predicted octanol–water partition coefficient (Wildman–Crippen LogP) is 5.65. The average molecular weight is 460 g/mol. The SMILES string of the molecule is COc1ccc2[nH]cc(C3CCN(C(=O)c4cc(C(C)C)nc5c4cnn5C(C)C)CC3)c2c1. The Kier molecular flexibility index (Phi) is 5.80. The summed E-state index contributed by atoms with van der Waals surface area (Å²) in [4.78, 5) is 23.9. The van der Waals surface area contributed by atoms with Crippen molar-refractivity contribution in [3.05, 3.63) is 53.5 Å². The fraction of sp³-hybridized carbons (Fsp3) is 0.444. The van der Waals surface area contributed by atoms with Crippen LogP contribution in [0.4, 0.5) is 0 Å². The zero-order valence-corrected chi connectivity index (χ0v) is 20.6. The summed E-state index contributed by atoms with van der Waals surface area (Å²) >= 11 is 0. The maximum absolute atomic E-state index is 13.7. The van der Waals surface area contributed by atoms with Crippen LogP contribution in [-0.4, -0.2) is 50.8 Å². The summed E-state index contributed by atoms with van der Waals surface area (Å²) in [7, 11) is 1.70. The van der Waals surface area contributed by atoms with Crippen molar-refractivity contribution in [1.82, 2.24) is 24.6 Å². The molecule has 3 aromatic heterocycles. The first-order chi connectivity index (χ1) is 16.4. The Labute approximate surface area is 200 Å².